The molecule has 1 aromatic carbocycles. The minimum atomic E-state index is -3.57. The minimum absolute atomic E-state index is 0.162. The quantitative estimate of drug-likeness (QED) is 0.458. The summed E-state index contributed by atoms with van der Waals surface area (Å²) in [5.74, 6) is -0.251. The zero-order valence-electron chi connectivity index (χ0n) is 18.9. The van der Waals surface area contributed by atoms with E-state index in [1.807, 2.05) is 12.1 Å². The summed E-state index contributed by atoms with van der Waals surface area (Å²) in [6.45, 7) is 5.85. The lowest BCUT2D eigenvalue weighted by Gasteiger charge is -2.35. The van der Waals surface area contributed by atoms with Gasteiger partial charge in [0.05, 0.1) is 29.2 Å². The lowest BCUT2D eigenvalue weighted by atomic mass is 9.97. The molecule has 33 heavy (non-hydrogen) atoms. The topological polar surface area (TPSA) is 117 Å². The van der Waals surface area contributed by atoms with Crippen molar-refractivity contribution in [3.8, 4) is 0 Å². The molecule has 3 aromatic rings. The highest BCUT2D eigenvalue weighted by Crippen LogP contribution is 2.34. The van der Waals surface area contributed by atoms with Gasteiger partial charge in [-0.25, -0.2) is 17.9 Å². The van der Waals surface area contributed by atoms with Crippen LogP contribution in [-0.4, -0.2) is 46.6 Å². The summed E-state index contributed by atoms with van der Waals surface area (Å²) >= 11 is 2.12. The molecule has 1 aliphatic heterocycles. The smallest absolute Gasteiger partial charge is 0.275 e. The standard InChI is InChI=1S/C22H26IN5O4S/c1-12-9-15(23)10-16(20(12)26-33(4,31)32)22(30)27-8-6-5-7-18(27)17-11-19-24-14(3)13(2)21(29)28(19)25-17/h9-11,18,25-26H,5-8H2,1-4H3/t18-/m0/s1. The van der Waals surface area contributed by atoms with E-state index in [-0.39, 0.29) is 17.5 Å². The number of anilines is 1. The lowest BCUT2D eigenvalue weighted by molar-refractivity contribution is 0.0606. The van der Waals surface area contributed by atoms with Gasteiger partial charge < -0.3 is 4.90 Å². The van der Waals surface area contributed by atoms with Gasteiger partial charge in [-0.2, -0.15) is 0 Å². The maximum atomic E-state index is 13.8. The Balaban J connectivity index is 1.79. The number of likely N-dealkylation sites (tertiary alicyclic amines) is 1. The van der Waals surface area contributed by atoms with Gasteiger partial charge in [0.2, 0.25) is 10.0 Å². The third-order valence-corrected chi connectivity index (χ3v) is 7.24. The average Bonchev–Trinajstić information content (AvgIpc) is 3.16. The molecule has 3 heterocycles. The first-order valence-corrected chi connectivity index (χ1v) is 13.6. The predicted molar refractivity (Wildman–Crippen MR) is 135 cm³/mol. The van der Waals surface area contributed by atoms with Crippen molar-refractivity contribution in [1.29, 1.82) is 0 Å². The Morgan fingerprint density at radius 1 is 1.21 bits per heavy atom. The molecule has 1 saturated heterocycles. The third-order valence-electron chi connectivity index (χ3n) is 6.04. The van der Waals surface area contributed by atoms with Crippen molar-refractivity contribution in [3.05, 3.63) is 60.2 Å². The number of amides is 1. The number of halogens is 1. The number of carbonyl (C=O) groups excluding carboxylic acids is 1. The normalized spacial score (nSPS) is 16.9. The fourth-order valence-corrected chi connectivity index (χ4v) is 5.71. The minimum Gasteiger partial charge on any atom is -0.330 e. The SMILES string of the molecule is Cc1cc(I)cc(C(=O)N2CCCC[C@H]2c2cc3nc(C)c(C)c(=O)n3[nH]2)c1NS(C)(=O)=O. The number of carbonyl (C=O) groups is 1. The molecule has 2 N–H and O–H groups in total. The van der Waals surface area contributed by atoms with Crippen molar-refractivity contribution >= 4 is 49.9 Å². The molecule has 0 bridgehead atoms. The Kier molecular flexibility index (Phi) is 6.29. The Hall–Kier alpha value is -2.41. The van der Waals surface area contributed by atoms with E-state index in [0.29, 0.717) is 40.3 Å². The Bertz CT molecular complexity index is 1430. The van der Waals surface area contributed by atoms with Crippen molar-refractivity contribution in [2.75, 3.05) is 17.5 Å². The van der Waals surface area contributed by atoms with Crippen LogP contribution in [-0.2, 0) is 10.0 Å². The highest BCUT2D eigenvalue weighted by Gasteiger charge is 2.32. The van der Waals surface area contributed by atoms with E-state index in [0.717, 1.165) is 34.8 Å². The number of benzene rings is 1. The molecule has 0 radical (unpaired) electrons. The number of aryl methyl sites for hydroxylation is 2. The number of nitrogens with one attached hydrogen (secondary N) is 2. The molecule has 11 heteroatoms. The largest absolute Gasteiger partial charge is 0.330 e. The Morgan fingerprint density at radius 2 is 1.94 bits per heavy atom. The fourth-order valence-electron chi connectivity index (χ4n) is 4.29. The molecule has 0 aliphatic carbocycles. The van der Waals surface area contributed by atoms with Crippen molar-refractivity contribution in [3.63, 3.8) is 0 Å². The molecular formula is C22H26IN5O4S. The molecule has 176 valence electrons. The first-order valence-electron chi connectivity index (χ1n) is 10.6. The van der Waals surface area contributed by atoms with Gasteiger partial charge in [0.15, 0.2) is 5.65 Å². The van der Waals surface area contributed by atoms with Crippen LogP contribution in [0.4, 0.5) is 5.69 Å². The van der Waals surface area contributed by atoms with Crippen molar-refractivity contribution in [2.45, 2.75) is 46.1 Å². The summed E-state index contributed by atoms with van der Waals surface area (Å²) in [7, 11) is -3.57. The number of hydrogen-bond acceptors (Lipinski definition) is 5. The van der Waals surface area contributed by atoms with Crippen LogP contribution in [0.1, 0.15) is 58.2 Å². The Labute approximate surface area is 205 Å². The van der Waals surface area contributed by atoms with Gasteiger partial charge in [-0.05, 0) is 80.3 Å². The molecule has 1 aliphatic rings. The summed E-state index contributed by atoms with van der Waals surface area (Å²) in [5, 5.41) is 3.15. The van der Waals surface area contributed by atoms with E-state index in [4.69, 9.17) is 0 Å². The van der Waals surface area contributed by atoms with Crippen LogP contribution < -0.4 is 10.3 Å². The molecular weight excluding hydrogens is 557 g/mol. The number of H-pyrrole nitrogens is 1. The van der Waals surface area contributed by atoms with E-state index in [1.165, 1.54) is 4.52 Å². The first-order chi connectivity index (χ1) is 15.5. The zero-order valence-corrected chi connectivity index (χ0v) is 21.9. The number of aromatic nitrogens is 3. The van der Waals surface area contributed by atoms with Crippen molar-refractivity contribution in [2.24, 2.45) is 0 Å². The summed E-state index contributed by atoms with van der Waals surface area (Å²) < 4.78 is 28.7. The van der Waals surface area contributed by atoms with Gasteiger partial charge in [0.1, 0.15) is 0 Å². The molecule has 4 rings (SSSR count). The van der Waals surface area contributed by atoms with Gasteiger partial charge in [0, 0.05) is 27.4 Å². The maximum Gasteiger partial charge on any atom is 0.275 e. The van der Waals surface area contributed by atoms with Crippen LogP contribution >= 0.6 is 22.6 Å². The molecule has 0 saturated carbocycles. The van der Waals surface area contributed by atoms with E-state index in [1.54, 1.807) is 31.7 Å². The Morgan fingerprint density at radius 3 is 2.64 bits per heavy atom. The van der Waals surface area contributed by atoms with E-state index in [2.05, 4.69) is 37.4 Å². The van der Waals surface area contributed by atoms with Crippen LogP contribution in [0.25, 0.3) is 5.65 Å². The van der Waals surface area contributed by atoms with Crippen LogP contribution in [0.5, 0.6) is 0 Å². The van der Waals surface area contributed by atoms with Crippen molar-refractivity contribution < 1.29 is 13.2 Å². The average molecular weight is 583 g/mol. The number of aromatic amines is 1. The summed E-state index contributed by atoms with van der Waals surface area (Å²) in [4.78, 5) is 32.7. The fraction of sp³-hybridized carbons (Fsp3) is 0.409. The van der Waals surface area contributed by atoms with Gasteiger partial charge in [-0.1, -0.05) is 0 Å². The lowest BCUT2D eigenvalue weighted by Crippen LogP contribution is -2.39. The number of hydrogen-bond donors (Lipinski definition) is 2. The molecule has 1 fully saturated rings. The molecule has 0 unspecified atom stereocenters. The van der Waals surface area contributed by atoms with Crippen LogP contribution in [0, 0.1) is 24.3 Å². The second-order valence-corrected chi connectivity index (χ2v) is 11.6. The summed E-state index contributed by atoms with van der Waals surface area (Å²) in [5.41, 5.74) is 3.62. The molecule has 9 nitrogen and oxygen atoms in total. The number of rotatable bonds is 4. The summed E-state index contributed by atoms with van der Waals surface area (Å²) in [6, 6.07) is 5.08. The van der Waals surface area contributed by atoms with E-state index in [9.17, 15) is 18.0 Å². The van der Waals surface area contributed by atoms with Crippen LogP contribution in [0.15, 0.2) is 23.0 Å². The first kappa shape index (κ1) is 23.7. The summed E-state index contributed by atoms with van der Waals surface area (Å²) in [6.07, 6.45) is 3.57. The second-order valence-electron chi connectivity index (χ2n) is 8.56. The molecule has 2 aromatic heterocycles. The molecule has 1 atom stereocenters. The van der Waals surface area contributed by atoms with Gasteiger partial charge in [-0.3, -0.25) is 19.4 Å². The number of sulfonamides is 1. The maximum absolute atomic E-state index is 13.8. The molecule has 1 amide bonds. The van der Waals surface area contributed by atoms with Gasteiger partial charge in [-0.15, -0.1) is 0 Å². The molecule has 0 spiro atoms. The third kappa shape index (κ3) is 4.65. The second kappa shape index (κ2) is 8.75. The van der Waals surface area contributed by atoms with E-state index < -0.39 is 10.0 Å². The number of fused-ring (bicyclic) bond motifs is 1. The highest BCUT2D eigenvalue weighted by atomic mass is 127. The number of piperidine rings is 1. The van der Waals surface area contributed by atoms with Crippen LogP contribution in [0.3, 0.4) is 0 Å². The van der Waals surface area contributed by atoms with Gasteiger partial charge in [0.25, 0.3) is 11.5 Å². The zero-order chi connectivity index (χ0) is 24.1. The van der Waals surface area contributed by atoms with Gasteiger partial charge >= 0.3 is 0 Å². The predicted octanol–water partition coefficient (Wildman–Crippen LogP) is 3.29. The monoisotopic (exact) mass is 583 g/mol. The highest BCUT2D eigenvalue weighted by molar-refractivity contribution is 14.1. The number of nitrogens with zero attached hydrogens (tertiary/aromatic N) is 3. The van der Waals surface area contributed by atoms with Crippen molar-refractivity contribution in [1.82, 2.24) is 19.5 Å². The van der Waals surface area contributed by atoms with E-state index >= 15 is 0 Å². The van der Waals surface area contributed by atoms with Crippen LogP contribution in [0.2, 0.25) is 0 Å².